The van der Waals surface area contributed by atoms with Gasteiger partial charge in [0.05, 0.1) is 11.6 Å². The second-order valence-corrected chi connectivity index (χ2v) is 8.01. The lowest BCUT2D eigenvalue weighted by Gasteiger charge is -2.09. The number of nitrogens with zero attached hydrogens (tertiary/aromatic N) is 1. The molecule has 0 aliphatic carbocycles. The lowest BCUT2D eigenvalue weighted by molar-refractivity contribution is -0.112. The minimum absolute atomic E-state index is 0.0409. The van der Waals surface area contributed by atoms with E-state index in [9.17, 15) is 10.1 Å². The number of ether oxygens (including phenoxy) is 2. The first-order chi connectivity index (χ1) is 15.5. The van der Waals surface area contributed by atoms with Gasteiger partial charge in [0.2, 0.25) is 0 Å². The van der Waals surface area contributed by atoms with E-state index >= 15 is 0 Å². The number of hydrogen-bond donors (Lipinski definition) is 1. The van der Waals surface area contributed by atoms with Gasteiger partial charge in [-0.2, -0.15) is 5.26 Å². The zero-order valence-electron chi connectivity index (χ0n) is 17.3. The van der Waals surface area contributed by atoms with Crippen LogP contribution in [0.4, 0.5) is 5.69 Å². The first-order valence-corrected chi connectivity index (χ1v) is 11.0. The molecule has 1 N–H and O–H groups in total. The summed E-state index contributed by atoms with van der Waals surface area (Å²) < 4.78 is 12.2. The van der Waals surface area contributed by atoms with Gasteiger partial charge in [-0.1, -0.05) is 45.7 Å². The van der Waals surface area contributed by atoms with Crippen molar-refractivity contribution in [2.45, 2.75) is 13.5 Å². The molecule has 0 aliphatic rings. The number of anilines is 1. The van der Waals surface area contributed by atoms with Crippen LogP contribution in [0.5, 0.6) is 11.5 Å². The van der Waals surface area contributed by atoms with Crippen LogP contribution >= 0.6 is 27.5 Å². The average Bonchev–Trinajstić information content (AvgIpc) is 2.80. The van der Waals surface area contributed by atoms with Crippen molar-refractivity contribution in [3.8, 4) is 17.6 Å². The topological polar surface area (TPSA) is 71.3 Å². The van der Waals surface area contributed by atoms with Crippen molar-refractivity contribution in [1.29, 1.82) is 5.26 Å². The summed E-state index contributed by atoms with van der Waals surface area (Å²) in [5, 5.41) is 12.6. The van der Waals surface area contributed by atoms with Crippen LogP contribution in [-0.2, 0) is 11.4 Å². The van der Waals surface area contributed by atoms with Gasteiger partial charge >= 0.3 is 0 Å². The van der Waals surface area contributed by atoms with Gasteiger partial charge in [0.15, 0.2) is 0 Å². The van der Waals surface area contributed by atoms with Gasteiger partial charge in [0.25, 0.3) is 5.91 Å². The highest BCUT2D eigenvalue weighted by atomic mass is 79.9. The van der Waals surface area contributed by atoms with E-state index in [4.69, 9.17) is 21.1 Å². The van der Waals surface area contributed by atoms with Crippen molar-refractivity contribution >= 4 is 45.2 Å². The molecule has 1 amide bonds. The summed E-state index contributed by atoms with van der Waals surface area (Å²) in [6.45, 7) is 2.79. The molecule has 0 unspecified atom stereocenters. The zero-order chi connectivity index (χ0) is 22.9. The van der Waals surface area contributed by atoms with Crippen molar-refractivity contribution in [3.63, 3.8) is 0 Å². The van der Waals surface area contributed by atoms with E-state index in [1.807, 2.05) is 37.3 Å². The van der Waals surface area contributed by atoms with E-state index in [0.29, 0.717) is 41.0 Å². The predicted molar refractivity (Wildman–Crippen MR) is 130 cm³/mol. The molecule has 0 atom stereocenters. The number of benzene rings is 3. The monoisotopic (exact) mass is 510 g/mol. The lowest BCUT2D eigenvalue weighted by Crippen LogP contribution is -2.13. The molecule has 0 saturated heterocycles. The van der Waals surface area contributed by atoms with E-state index in [1.54, 1.807) is 42.5 Å². The number of rotatable bonds is 8. The van der Waals surface area contributed by atoms with Gasteiger partial charge in [0.1, 0.15) is 29.7 Å². The van der Waals surface area contributed by atoms with E-state index in [1.165, 1.54) is 6.08 Å². The molecule has 0 fully saturated rings. The van der Waals surface area contributed by atoms with Crippen molar-refractivity contribution < 1.29 is 14.3 Å². The number of hydrogen-bond acceptors (Lipinski definition) is 4. The Hall–Kier alpha value is -3.27. The minimum atomic E-state index is -0.513. The molecule has 0 spiro atoms. The Morgan fingerprint density at radius 1 is 1.09 bits per heavy atom. The van der Waals surface area contributed by atoms with Crippen LogP contribution in [0.1, 0.15) is 18.1 Å². The van der Waals surface area contributed by atoms with Crippen LogP contribution in [0, 0.1) is 11.3 Å². The van der Waals surface area contributed by atoms with Gasteiger partial charge in [-0.3, -0.25) is 4.79 Å². The van der Waals surface area contributed by atoms with Crippen LogP contribution < -0.4 is 14.8 Å². The first kappa shape index (κ1) is 23.4. The molecule has 0 bridgehead atoms. The van der Waals surface area contributed by atoms with E-state index < -0.39 is 5.91 Å². The number of carbonyl (C=O) groups is 1. The van der Waals surface area contributed by atoms with E-state index in [-0.39, 0.29) is 5.57 Å². The molecule has 0 saturated carbocycles. The van der Waals surface area contributed by atoms with Crippen LogP contribution in [0.15, 0.2) is 76.8 Å². The Morgan fingerprint density at radius 3 is 2.44 bits per heavy atom. The fourth-order valence-corrected chi connectivity index (χ4v) is 3.28. The molecule has 32 heavy (non-hydrogen) atoms. The average molecular weight is 512 g/mol. The Morgan fingerprint density at radius 2 is 1.81 bits per heavy atom. The summed E-state index contributed by atoms with van der Waals surface area (Å²) in [5.74, 6) is 0.712. The summed E-state index contributed by atoms with van der Waals surface area (Å²) >= 11 is 9.58. The highest BCUT2D eigenvalue weighted by molar-refractivity contribution is 9.10. The first-order valence-electron chi connectivity index (χ1n) is 9.81. The van der Waals surface area contributed by atoms with Crippen molar-refractivity contribution in [2.75, 3.05) is 11.9 Å². The standard InChI is InChI=1S/C25H20BrClN2O3/c1-2-31-24-12-5-18(14-23(24)27)13-19(15-28)25(30)29-21-8-10-22(11-9-21)32-16-17-3-6-20(26)7-4-17/h3-14H,2,16H2,1H3,(H,29,30)/b19-13+. The third-order valence-corrected chi connectivity index (χ3v) is 5.19. The highest BCUT2D eigenvalue weighted by Gasteiger charge is 2.11. The molecule has 0 heterocycles. The number of carbonyl (C=O) groups excluding carboxylic acids is 1. The highest BCUT2D eigenvalue weighted by Crippen LogP contribution is 2.26. The molecule has 3 aromatic carbocycles. The van der Waals surface area contributed by atoms with Gasteiger partial charge in [-0.25, -0.2) is 0 Å². The number of halogens is 2. The van der Waals surface area contributed by atoms with E-state index in [2.05, 4.69) is 21.2 Å². The fraction of sp³-hybridized carbons (Fsp3) is 0.120. The zero-order valence-corrected chi connectivity index (χ0v) is 19.6. The van der Waals surface area contributed by atoms with Crippen molar-refractivity contribution in [2.24, 2.45) is 0 Å². The van der Waals surface area contributed by atoms with Gasteiger partial charge in [-0.05, 0) is 72.7 Å². The van der Waals surface area contributed by atoms with E-state index in [0.717, 1.165) is 10.0 Å². The van der Waals surface area contributed by atoms with Crippen LogP contribution in [0.25, 0.3) is 6.08 Å². The number of nitrogens with one attached hydrogen (secondary N) is 1. The second-order valence-electron chi connectivity index (χ2n) is 6.69. The maximum absolute atomic E-state index is 12.5. The Labute approximate surface area is 200 Å². The molecule has 0 radical (unpaired) electrons. The SMILES string of the molecule is CCOc1ccc(/C=C(\C#N)C(=O)Nc2ccc(OCc3ccc(Br)cc3)cc2)cc1Cl. The summed E-state index contributed by atoms with van der Waals surface area (Å²) in [5.41, 5.74) is 2.18. The lowest BCUT2D eigenvalue weighted by atomic mass is 10.1. The second kappa shape index (κ2) is 11.4. The predicted octanol–water partition coefficient (Wildman–Crippen LogP) is 6.63. The maximum atomic E-state index is 12.5. The molecule has 7 heteroatoms. The van der Waals surface area contributed by atoms with Gasteiger partial charge < -0.3 is 14.8 Å². The summed E-state index contributed by atoms with van der Waals surface area (Å²) in [6.07, 6.45) is 1.48. The number of amides is 1. The molecular formula is C25H20BrClN2O3. The maximum Gasteiger partial charge on any atom is 0.266 e. The fourth-order valence-electron chi connectivity index (χ4n) is 2.77. The molecule has 3 rings (SSSR count). The summed E-state index contributed by atoms with van der Waals surface area (Å²) in [7, 11) is 0. The number of nitriles is 1. The molecule has 162 valence electrons. The third-order valence-electron chi connectivity index (χ3n) is 4.36. The minimum Gasteiger partial charge on any atom is -0.492 e. The normalized spacial score (nSPS) is 10.9. The molecule has 0 aromatic heterocycles. The Kier molecular flexibility index (Phi) is 8.32. The smallest absolute Gasteiger partial charge is 0.266 e. The third kappa shape index (κ3) is 6.61. The van der Waals surface area contributed by atoms with Crippen LogP contribution in [0.2, 0.25) is 5.02 Å². The largest absolute Gasteiger partial charge is 0.492 e. The Bertz CT molecular complexity index is 1150. The van der Waals surface area contributed by atoms with Crippen LogP contribution in [0.3, 0.4) is 0 Å². The molecule has 5 nitrogen and oxygen atoms in total. The molecular weight excluding hydrogens is 492 g/mol. The van der Waals surface area contributed by atoms with Gasteiger partial charge in [0, 0.05) is 10.2 Å². The summed E-state index contributed by atoms with van der Waals surface area (Å²) in [6, 6.07) is 21.9. The molecule has 0 aliphatic heterocycles. The van der Waals surface area contributed by atoms with Crippen molar-refractivity contribution in [3.05, 3.63) is 92.9 Å². The van der Waals surface area contributed by atoms with Gasteiger partial charge in [-0.15, -0.1) is 0 Å². The summed E-state index contributed by atoms with van der Waals surface area (Å²) in [4.78, 5) is 12.5. The van der Waals surface area contributed by atoms with Crippen LogP contribution in [-0.4, -0.2) is 12.5 Å². The molecule has 3 aromatic rings. The van der Waals surface area contributed by atoms with Crippen molar-refractivity contribution in [1.82, 2.24) is 0 Å². The quantitative estimate of drug-likeness (QED) is 0.272. The Balaban J connectivity index is 1.62.